The minimum Gasteiger partial charge on any atom is -0.391 e. The molecule has 0 radical (unpaired) electrons. The summed E-state index contributed by atoms with van der Waals surface area (Å²) in [4.78, 5) is 0. The first-order valence-electron chi connectivity index (χ1n) is 6.25. The largest absolute Gasteiger partial charge is 0.391 e. The molecule has 1 aromatic heterocycles. The lowest BCUT2D eigenvalue weighted by Crippen LogP contribution is -2.22. The zero-order valence-corrected chi connectivity index (χ0v) is 10.6. The third-order valence-corrected chi connectivity index (χ3v) is 4.31. The molecule has 3 N–H and O–H groups in total. The SMILES string of the molecule is NCC(O)CSc1nnc(C2CC2)n1C1CC1. The van der Waals surface area contributed by atoms with Gasteiger partial charge in [0.15, 0.2) is 5.16 Å². The zero-order valence-electron chi connectivity index (χ0n) is 9.75. The Morgan fingerprint density at radius 2 is 2.12 bits per heavy atom. The Kier molecular flexibility index (Phi) is 3.10. The highest BCUT2D eigenvalue weighted by Crippen LogP contribution is 2.45. The van der Waals surface area contributed by atoms with E-state index in [4.69, 9.17) is 5.73 Å². The first kappa shape index (κ1) is 11.5. The summed E-state index contributed by atoms with van der Waals surface area (Å²) in [7, 11) is 0. The molecule has 2 aliphatic carbocycles. The number of hydrogen-bond acceptors (Lipinski definition) is 5. The van der Waals surface area contributed by atoms with Crippen molar-refractivity contribution in [3.05, 3.63) is 5.82 Å². The van der Waals surface area contributed by atoms with E-state index >= 15 is 0 Å². The van der Waals surface area contributed by atoms with E-state index in [9.17, 15) is 5.11 Å². The third-order valence-electron chi connectivity index (χ3n) is 3.22. The quantitative estimate of drug-likeness (QED) is 0.738. The lowest BCUT2D eigenvalue weighted by Gasteiger charge is -2.09. The standard InChI is InChI=1S/C11H18N4OS/c12-5-9(16)6-17-11-14-13-10(7-1-2-7)15(11)8-3-4-8/h7-9,16H,1-6,12H2. The van der Waals surface area contributed by atoms with Gasteiger partial charge in [-0.15, -0.1) is 10.2 Å². The molecule has 0 aromatic carbocycles. The van der Waals surface area contributed by atoms with Crippen LogP contribution in [0, 0.1) is 0 Å². The molecule has 5 nitrogen and oxygen atoms in total. The van der Waals surface area contributed by atoms with Crippen molar-refractivity contribution in [1.29, 1.82) is 0 Å². The molecule has 94 valence electrons. The van der Waals surface area contributed by atoms with Gasteiger partial charge in [0.25, 0.3) is 0 Å². The summed E-state index contributed by atoms with van der Waals surface area (Å²) in [6, 6.07) is 0.609. The lowest BCUT2D eigenvalue weighted by atomic mass is 10.4. The maximum Gasteiger partial charge on any atom is 0.191 e. The van der Waals surface area contributed by atoms with Crippen molar-refractivity contribution in [2.45, 2.75) is 48.9 Å². The van der Waals surface area contributed by atoms with Crippen LogP contribution in [0.15, 0.2) is 5.16 Å². The van der Waals surface area contributed by atoms with Crippen LogP contribution < -0.4 is 5.73 Å². The molecule has 1 atom stereocenters. The van der Waals surface area contributed by atoms with Crippen LogP contribution in [0.1, 0.15) is 43.5 Å². The van der Waals surface area contributed by atoms with Crippen LogP contribution in [-0.4, -0.2) is 38.3 Å². The third kappa shape index (κ3) is 2.48. The van der Waals surface area contributed by atoms with Crippen LogP contribution in [-0.2, 0) is 0 Å². The average molecular weight is 254 g/mol. The molecule has 1 heterocycles. The molecule has 2 aliphatic rings. The molecule has 0 saturated heterocycles. The zero-order chi connectivity index (χ0) is 11.8. The molecule has 0 bridgehead atoms. The van der Waals surface area contributed by atoms with Crippen LogP contribution in [0.3, 0.4) is 0 Å². The van der Waals surface area contributed by atoms with E-state index in [1.807, 2.05) is 0 Å². The predicted molar refractivity (Wildman–Crippen MR) is 66.1 cm³/mol. The number of aliphatic hydroxyl groups is 1. The Morgan fingerprint density at radius 1 is 1.35 bits per heavy atom. The first-order valence-corrected chi connectivity index (χ1v) is 7.24. The molecule has 1 unspecified atom stereocenters. The minimum absolute atomic E-state index is 0.306. The van der Waals surface area contributed by atoms with Crippen LogP contribution in [0.2, 0.25) is 0 Å². The number of nitrogens with zero attached hydrogens (tertiary/aromatic N) is 3. The lowest BCUT2D eigenvalue weighted by molar-refractivity contribution is 0.208. The van der Waals surface area contributed by atoms with Crippen LogP contribution in [0.5, 0.6) is 0 Å². The maximum absolute atomic E-state index is 9.49. The summed E-state index contributed by atoms with van der Waals surface area (Å²) >= 11 is 1.57. The van der Waals surface area contributed by atoms with Gasteiger partial charge >= 0.3 is 0 Å². The van der Waals surface area contributed by atoms with Gasteiger partial charge in [-0.05, 0) is 25.7 Å². The molecule has 2 saturated carbocycles. The fourth-order valence-electron chi connectivity index (χ4n) is 1.92. The smallest absolute Gasteiger partial charge is 0.191 e. The monoisotopic (exact) mass is 254 g/mol. The second kappa shape index (κ2) is 4.59. The molecular weight excluding hydrogens is 236 g/mol. The van der Waals surface area contributed by atoms with E-state index in [2.05, 4.69) is 14.8 Å². The molecular formula is C11H18N4OS. The van der Waals surface area contributed by atoms with Crippen LogP contribution in [0.4, 0.5) is 0 Å². The van der Waals surface area contributed by atoms with Crippen molar-refractivity contribution in [2.75, 3.05) is 12.3 Å². The Hall–Kier alpha value is -0.590. The summed E-state index contributed by atoms with van der Waals surface area (Å²) in [6.07, 6.45) is 4.53. The maximum atomic E-state index is 9.49. The van der Waals surface area contributed by atoms with E-state index in [0.717, 1.165) is 11.0 Å². The second-order valence-corrected chi connectivity index (χ2v) is 5.90. The van der Waals surface area contributed by atoms with E-state index in [0.29, 0.717) is 24.3 Å². The summed E-state index contributed by atoms with van der Waals surface area (Å²) in [5.41, 5.74) is 5.40. The van der Waals surface area contributed by atoms with E-state index in [1.165, 1.54) is 25.7 Å². The number of nitrogens with two attached hydrogens (primary N) is 1. The molecule has 6 heteroatoms. The molecule has 1 aromatic rings. The number of aliphatic hydroxyl groups excluding tert-OH is 1. The fourth-order valence-corrected chi connectivity index (χ4v) is 2.88. The average Bonchev–Trinajstić information content (AvgIpc) is 3.24. The van der Waals surface area contributed by atoms with Crippen molar-refractivity contribution < 1.29 is 5.11 Å². The Morgan fingerprint density at radius 3 is 2.71 bits per heavy atom. The van der Waals surface area contributed by atoms with E-state index in [1.54, 1.807) is 11.8 Å². The molecule has 2 fully saturated rings. The Bertz CT molecular complexity index is 400. The molecule has 0 aliphatic heterocycles. The summed E-state index contributed by atoms with van der Waals surface area (Å²) < 4.78 is 2.30. The summed E-state index contributed by atoms with van der Waals surface area (Å²) in [5.74, 6) is 2.40. The summed E-state index contributed by atoms with van der Waals surface area (Å²) in [6.45, 7) is 0.306. The van der Waals surface area contributed by atoms with Crippen molar-refractivity contribution in [3.63, 3.8) is 0 Å². The van der Waals surface area contributed by atoms with E-state index < -0.39 is 6.10 Å². The number of hydrogen-bond donors (Lipinski definition) is 2. The number of rotatable bonds is 6. The van der Waals surface area contributed by atoms with Gasteiger partial charge in [-0.25, -0.2) is 0 Å². The Balaban J connectivity index is 1.74. The van der Waals surface area contributed by atoms with Crippen LogP contribution in [0.25, 0.3) is 0 Å². The van der Waals surface area contributed by atoms with Crippen molar-refractivity contribution in [3.8, 4) is 0 Å². The molecule has 17 heavy (non-hydrogen) atoms. The van der Waals surface area contributed by atoms with Crippen LogP contribution >= 0.6 is 11.8 Å². The summed E-state index contributed by atoms with van der Waals surface area (Å²) in [5, 5.41) is 19.0. The van der Waals surface area contributed by atoms with Crippen molar-refractivity contribution in [2.24, 2.45) is 5.73 Å². The van der Waals surface area contributed by atoms with E-state index in [-0.39, 0.29) is 0 Å². The minimum atomic E-state index is -0.450. The van der Waals surface area contributed by atoms with Gasteiger partial charge in [-0.2, -0.15) is 0 Å². The predicted octanol–water partition coefficient (Wildman–Crippen LogP) is 0.902. The molecule has 0 spiro atoms. The number of thioether (sulfide) groups is 1. The van der Waals surface area contributed by atoms with Gasteiger partial charge in [0.1, 0.15) is 5.82 Å². The van der Waals surface area contributed by atoms with Gasteiger partial charge < -0.3 is 15.4 Å². The molecule has 0 amide bonds. The molecule has 3 rings (SSSR count). The van der Waals surface area contributed by atoms with Crippen molar-refractivity contribution in [1.82, 2.24) is 14.8 Å². The highest BCUT2D eigenvalue weighted by molar-refractivity contribution is 7.99. The van der Waals surface area contributed by atoms with Gasteiger partial charge in [0.05, 0.1) is 6.10 Å². The van der Waals surface area contributed by atoms with Gasteiger partial charge in [-0.1, -0.05) is 11.8 Å². The highest BCUT2D eigenvalue weighted by atomic mass is 32.2. The van der Waals surface area contributed by atoms with Gasteiger partial charge in [0, 0.05) is 24.3 Å². The normalized spacial score (nSPS) is 21.8. The second-order valence-electron chi connectivity index (χ2n) is 4.92. The highest BCUT2D eigenvalue weighted by Gasteiger charge is 2.36. The Labute approximate surface area is 105 Å². The van der Waals surface area contributed by atoms with Gasteiger partial charge in [-0.3, -0.25) is 0 Å². The van der Waals surface area contributed by atoms with Gasteiger partial charge in [0.2, 0.25) is 0 Å². The fraction of sp³-hybridized carbons (Fsp3) is 0.818. The topological polar surface area (TPSA) is 77.0 Å². The number of aromatic nitrogens is 3. The first-order chi connectivity index (χ1) is 8.29. The van der Waals surface area contributed by atoms with Crippen molar-refractivity contribution >= 4 is 11.8 Å².